The second-order valence-corrected chi connectivity index (χ2v) is 4.05. The van der Waals surface area contributed by atoms with E-state index in [4.69, 9.17) is 0 Å². The van der Waals surface area contributed by atoms with Crippen LogP contribution in [0.25, 0.3) is 0 Å². The summed E-state index contributed by atoms with van der Waals surface area (Å²) in [4.78, 5) is 25.9. The fourth-order valence-corrected chi connectivity index (χ4v) is 1.70. The normalized spacial score (nSPS) is 10.8. The summed E-state index contributed by atoms with van der Waals surface area (Å²) in [7, 11) is 3.90. The minimum atomic E-state index is -0.577. The Morgan fingerprint density at radius 3 is 2.71 bits per heavy atom. The Labute approximate surface area is 84.7 Å². The minimum absolute atomic E-state index is 0.298. The number of aromatic nitrogens is 3. The summed E-state index contributed by atoms with van der Waals surface area (Å²) in [6.45, 7) is 0.852. The average Bonchev–Trinajstić information content (AvgIpc) is 2.08. The van der Waals surface area contributed by atoms with E-state index in [1.165, 1.54) is 11.8 Å². The zero-order valence-electron chi connectivity index (χ0n) is 8.03. The standard InChI is InChI=1S/C7H12N4O2S/c1-11(2)3-4-14-6-5(12)8-7(13)10-9-6/h3-4H2,1-2H3,(H2,8,10,12,13). The van der Waals surface area contributed by atoms with Crippen LogP contribution in [0.5, 0.6) is 0 Å². The molecule has 14 heavy (non-hydrogen) atoms. The molecule has 0 saturated heterocycles. The van der Waals surface area contributed by atoms with E-state index in [0.717, 1.165) is 12.3 Å². The molecule has 78 valence electrons. The number of nitrogens with zero attached hydrogens (tertiary/aromatic N) is 2. The van der Waals surface area contributed by atoms with Crippen molar-refractivity contribution in [3.05, 3.63) is 20.8 Å². The summed E-state index contributed by atoms with van der Waals surface area (Å²) in [5.74, 6) is 0.759. The summed E-state index contributed by atoms with van der Waals surface area (Å²) < 4.78 is 0. The Balaban J connectivity index is 2.60. The molecule has 0 aliphatic carbocycles. The van der Waals surface area contributed by atoms with Crippen LogP contribution in [-0.4, -0.2) is 46.5 Å². The van der Waals surface area contributed by atoms with Crippen LogP contribution in [0.4, 0.5) is 0 Å². The molecule has 0 bridgehead atoms. The first-order valence-corrected chi connectivity index (χ1v) is 5.04. The molecule has 0 aromatic carbocycles. The highest BCUT2D eigenvalue weighted by atomic mass is 32.2. The lowest BCUT2D eigenvalue weighted by atomic mass is 10.7. The quantitative estimate of drug-likeness (QED) is 0.638. The van der Waals surface area contributed by atoms with E-state index in [1.807, 2.05) is 19.0 Å². The topological polar surface area (TPSA) is 81.8 Å². The monoisotopic (exact) mass is 216 g/mol. The van der Waals surface area contributed by atoms with Crippen LogP contribution in [-0.2, 0) is 0 Å². The first kappa shape index (κ1) is 11.0. The van der Waals surface area contributed by atoms with Gasteiger partial charge in [-0.3, -0.25) is 9.78 Å². The zero-order valence-corrected chi connectivity index (χ0v) is 8.85. The molecule has 1 aromatic rings. The molecular formula is C7H12N4O2S. The highest BCUT2D eigenvalue weighted by Gasteiger charge is 2.02. The van der Waals surface area contributed by atoms with Gasteiger partial charge in [0, 0.05) is 12.3 Å². The lowest BCUT2D eigenvalue weighted by molar-refractivity contribution is 0.437. The summed E-state index contributed by atoms with van der Waals surface area (Å²) >= 11 is 1.32. The van der Waals surface area contributed by atoms with Crippen molar-refractivity contribution in [2.24, 2.45) is 0 Å². The van der Waals surface area contributed by atoms with E-state index in [1.54, 1.807) is 0 Å². The van der Waals surface area contributed by atoms with Crippen LogP contribution < -0.4 is 11.2 Å². The smallest absolute Gasteiger partial charge is 0.309 e. The maximum Gasteiger partial charge on any atom is 0.342 e. The number of nitrogens with one attached hydrogen (secondary N) is 2. The molecule has 6 nitrogen and oxygen atoms in total. The summed E-state index contributed by atoms with van der Waals surface area (Å²) in [6.07, 6.45) is 0. The number of hydrogen-bond acceptors (Lipinski definition) is 5. The Morgan fingerprint density at radius 1 is 1.43 bits per heavy atom. The maximum absolute atomic E-state index is 11.1. The van der Waals surface area contributed by atoms with Crippen molar-refractivity contribution in [1.82, 2.24) is 20.1 Å². The lowest BCUT2D eigenvalue weighted by Crippen LogP contribution is -2.25. The van der Waals surface area contributed by atoms with E-state index in [2.05, 4.69) is 15.2 Å². The third-order valence-corrected chi connectivity index (χ3v) is 2.39. The van der Waals surface area contributed by atoms with Gasteiger partial charge in [0.1, 0.15) is 0 Å². The Bertz CT molecular complexity index is 397. The van der Waals surface area contributed by atoms with Gasteiger partial charge in [0.15, 0.2) is 5.03 Å². The number of aromatic amines is 2. The molecule has 0 amide bonds. The SMILES string of the molecule is CN(C)CCSc1n[nH]c(=O)[nH]c1=O. The van der Waals surface area contributed by atoms with Gasteiger partial charge in [-0.15, -0.1) is 0 Å². The fraction of sp³-hybridized carbons (Fsp3) is 0.571. The van der Waals surface area contributed by atoms with Crippen molar-refractivity contribution in [2.75, 3.05) is 26.4 Å². The molecule has 1 heterocycles. The Hall–Kier alpha value is -1.08. The third kappa shape index (κ3) is 3.35. The first-order valence-electron chi connectivity index (χ1n) is 4.06. The molecule has 0 aliphatic rings. The molecule has 0 fully saturated rings. The molecule has 0 atom stereocenters. The fourth-order valence-electron chi connectivity index (χ4n) is 0.760. The highest BCUT2D eigenvalue weighted by Crippen LogP contribution is 2.07. The van der Waals surface area contributed by atoms with E-state index < -0.39 is 11.2 Å². The maximum atomic E-state index is 11.1. The van der Waals surface area contributed by atoms with Crippen molar-refractivity contribution < 1.29 is 0 Å². The summed E-state index contributed by atoms with van der Waals surface area (Å²) in [5, 5.41) is 6.12. The van der Waals surface area contributed by atoms with Crippen molar-refractivity contribution in [3.63, 3.8) is 0 Å². The van der Waals surface area contributed by atoms with Crippen LogP contribution in [0, 0.1) is 0 Å². The Kier molecular flexibility index (Phi) is 3.90. The average molecular weight is 216 g/mol. The van der Waals surface area contributed by atoms with Crippen LogP contribution in [0.3, 0.4) is 0 Å². The molecular weight excluding hydrogens is 204 g/mol. The molecule has 1 rings (SSSR count). The van der Waals surface area contributed by atoms with Crippen LogP contribution in [0.1, 0.15) is 0 Å². The van der Waals surface area contributed by atoms with Crippen LogP contribution in [0.15, 0.2) is 14.6 Å². The van der Waals surface area contributed by atoms with Crippen molar-refractivity contribution >= 4 is 11.8 Å². The zero-order chi connectivity index (χ0) is 10.6. The van der Waals surface area contributed by atoms with Crippen molar-refractivity contribution in [1.29, 1.82) is 0 Å². The number of rotatable bonds is 4. The lowest BCUT2D eigenvalue weighted by Gasteiger charge is -2.07. The molecule has 0 aliphatic heterocycles. The molecule has 7 heteroatoms. The highest BCUT2D eigenvalue weighted by molar-refractivity contribution is 7.99. The Morgan fingerprint density at radius 2 is 2.14 bits per heavy atom. The first-order chi connectivity index (χ1) is 6.59. The predicted octanol–water partition coefficient (Wildman–Crippen LogP) is -0.888. The van der Waals surface area contributed by atoms with Crippen molar-refractivity contribution in [2.45, 2.75) is 5.03 Å². The molecule has 0 spiro atoms. The van der Waals surface area contributed by atoms with Gasteiger partial charge >= 0.3 is 5.69 Å². The van der Waals surface area contributed by atoms with Gasteiger partial charge in [-0.05, 0) is 14.1 Å². The van der Waals surface area contributed by atoms with Gasteiger partial charge in [-0.25, -0.2) is 9.89 Å². The van der Waals surface area contributed by atoms with E-state index in [-0.39, 0.29) is 0 Å². The molecule has 1 aromatic heterocycles. The van der Waals surface area contributed by atoms with Gasteiger partial charge in [0.2, 0.25) is 0 Å². The van der Waals surface area contributed by atoms with Crippen LogP contribution >= 0.6 is 11.8 Å². The van der Waals surface area contributed by atoms with Gasteiger partial charge in [-0.2, -0.15) is 5.10 Å². The summed E-state index contributed by atoms with van der Waals surface area (Å²) in [6, 6.07) is 0. The number of thioether (sulfide) groups is 1. The van der Waals surface area contributed by atoms with Gasteiger partial charge in [0.05, 0.1) is 0 Å². The molecule has 0 radical (unpaired) electrons. The largest absolute Gasteiger partial charge is 0.342 e. The third-order valence-electron chi connectivity index (χ3n) is 1.46. The summed E-state index contributed by atoms with van der Waals surface area (Å²) in [5.41, 5.74) is -1.01. The molecule has 0 saturated carbocycles. The van der Waals surface area contributed by atoms with Crippen LogP contribution in [0.2, 0.25) is 0 Å². The second-order valence-electron chi connectivity index (χ2n) is 2.96. The minimum Gasteiger partial charge on any atom is -0.309 e. The molecule has 2 N–H and O–H groups in total. The molecule has 0 unspecified atom stereocenters. The number of hydrogen-bond donors (Lipinski definition) is 2. The number of H-pyrrole nitrogens is 2. The van der Waals surface area contributed by atoms with Gasteiger partial charge < -0.3 is 4.90 Å². The van der Waals surface area contributed by atoms with E-state index in [9.17, 15) is 9.59 Å². The van der Waals surface area contributed by atoms with Gasteiger partial charge in [-0.1, -0.05) is 11.8 Å². The predicted molar refractivity (Wildman–Crippen MR) is 54.8 cm³/mol. The second kappa shape index (κ2) is 4.97. The van der Waals surface area contributed by atoms with Gasteiger partial charge in [0.25, 0.3) is 5.56 Å². The van der Waals surface area contributed by atoms with E-state index in [0.29, 0.717) is 5.03 Å². The van der Waals surface area contributed by atoms with Crippen molar-refractivity contribution in [3.8, 4) is 0 Å². The van der Waals surface area contributed by atoms with E-state index >= 15 is 0 Å².